The van der Waals surface area contributed by atoms with E-state index in [1.165, 1.54) is 24.3 Å². The number of halogens is 1. The number of benzene rings is 1. The zero-order valence-electron chi connectivity index (χ0n) is 14.1. The molecule has 0 aliphatic rings. The number of nitrogens with zero attached hydrogens (tertiary/aromatic N) is 1. The average molecular weight is 356 g/mol. The SMILES string of the molecule is COCc1ccc(C(=O)NCc2ccc(Oc3ccc(F)cc3)nc2)o1. The van der Waals surface area contributed by atoms with E-state index in [4.69, 9.17) is 13.9 Å². The molecule has 0 fully saturated rings. The van der Waals surface area contributed by atoms with Gasteiger partial charge < -0.3 is 19.2 Å². The molecule has 134 valence electrons. The fraction of sp³-hybridized carbons (Fsp3) is 0.158. The molecular formula is C19H17FN2O4. The molecule has 0 spiro atoms. The lowest BCUT2D eigenvalue weighted by atomic mass is 10.3. The highest BCUT2D eigenvalue weighted by Gasteiger charge is 2.11. The number of ether oxygens (including phenoxy) is 2. The number of carbonyl (C=O) groups excluding carboxylic acids is 1. The minimum atomic E-state index is -0.331. The first-order valence-corrected chi connectivity index (χ1v) is 7.88. The van der Waals surface area contributed by atoms with E-state index in [2.05, 4.69) is 10.3 Å². The summed E-state index contributed by atoms with van der Waals surface area (Å²) >= 11 is 0. The number of pyridine rings is 1. The predicted octanol–water partition coefficient (Wildman–Crippen LogP) is 3.68. The normalized spacial score (nSPS) is 10.5. The number of hydrogen-bond donors (Lipinski definition) is 1. The van der Waals surface area contributed by atoms with E-state index >= 15 is 0 Å². The van der Waals surface area contributed by atoms with Crippen molar-refractivity contribution in [1.82, 2.24) is 10.3 Å². The standard InChI is InChI=1S/C19H17FN2O4/c1-24-12-16-7-8-17(25-16)19(23)22-11-13-2-9-18(21-10-13)26-15-5-3-14(20)4-6-15/h2-10H,11-12H2,1H3,(H,22,23). The van der Waals surface area contributed by atoms with Gasteiger partial charge in [0, 0.05) is 25.9 Å². The Morgan fingerprint density at radius 3 is 2.65 bits per heavy atom. The maximum absolute atomic E-state index is 12.9. The third-order valence-electron chi connectivity index (χ3n) is 3.46. The molecule has 6 nitrogen and oxygen atoms in total. The Kier molecular flexibility index (Phi) is 5.60. The van der Waals surface area contributed by atoms with E-state index in [1.807, 2.05) is 0 Å². The van der Waals surface area contributed by atoms with Crippen LogP contribution in [-0.4, -0.2) is 18.0 Å². The summed E-state index contributed by atoms with van der Waals surface area (Å²) in [5.74, 6) is 1.02. The van der Waals surface area contributed by atoms with Crippen LogP contribution in [0, 0.1) is 5.82 Å². The second-order valence-electron chi connectivity index (χ2n) is 5.44. The van der Waals surface area contributed by atoms with Crippen molar-refractivity contribution in [1.29, 1.82) is 0 Å². The zero-order valence-corrected chi connectivity index (χ0v) is 14.1. The Bertz CT molecular complexity index is 860. The molecule has 7 heteroatoms. The van der Waals surface area contributed by atoms with E-state index in [1.54, 1.807) is 37.6 Å². The molecular weight excluding hydrogens is 339 g/mol. The van der Waals surface area contributed by atoms with Gasteiger partial charge in [0.1, 0.15) is 23.9 Å². The second-order valence-corrected chi connectivity index (χ2v) is 5.44. The summed E-state index contributed by atoms with van der Waals surface area (Å²) in [6.45, 7) is 0.607. The van der Waals surface area contributed by atoms with Gasteiger partial charge in [0.15, 0.2) is 5.76 Å². The van der Waals surface area contributed by atoms with Gasteiger partial charge in [-0.05, 0) is 42.0 Å². The number of carbonyl (C=O) groups is 1. The molecule has 0 aliphatic heterocycles. The molecule has 1 aromatic carbocycles. The van der Waals surface area contributed by atoms with Crippen LogP contribution in [0.4, 0.5) is 4.39 Å². The minimum Gasteiger partial charge on any atom is -0.453 e. The number of aromatic nitrogens is 1. The van der Waals surface area contributed by atoms with Gasteiger partial charge in [0.25, 0.3) is 5.91 Å². The van der Waals surface area contributed by atoms with Crippen molar-refractivity contribution in [3.05, 3.63) is 77.6 Å². The van der Waals surface area contributed by atoms with Gasteiger partial charge in [0.05, 0.1) is 0 Å². The first-order valence-electron chi connectivity index (χ1n) is 7.88. The van der Waals surface area contributed by atoms with Gasteiger partial charge in [-0.2, -0.15) is 0 Å². The fourth-order valence-electron chi connectivity index (χ4n) is 2.19. The summed E-state index contributed by atoms with van der Waals surface area (Å²) in [6.07, 6.45) is 1.59. The van der Waals surface area contributed by atoms with Gasteiger partial charge in [0.2, 0.25) is 5.88 Å². The Labute approximate surface area is 149 Å². The van der Waals surface area contributed by atoms with Gasteiger partial charge in [-0.1, -0.05) is 6.07 Å². The van der Waals surface area contributed by atoms with Crippen molar-refractivity contribution in [2.75, 3.05) is 7.11 Å². The predicted molar refractivity (Wildman–Crippen MR) is 91.3 cm³/mol. The van der Waals surface area contributed by atoms with Crippen molar-refractivity contribution in [2.24, 2.45) is 0 Å². The highest BCUT2D eigenvalue weighted by Crippen LogP contribution is 2.19. The molecule has 0 aliphatic carbocycles. The summed E-state index contributed by atoms with van der Waals surface area (Å²) in [4.78, 5) is 16.2. The molecule has 1 amide bonds. The molecule has 0 saturated carbocycles. The van der Waals surface area contributed by atoms with E-state index in [0.29, 0.717) is 30.5 Å². The van der Waals surface area contributed by atoms with E-state index in [0.717, 1.165) is 5.56 Å². The maximum atomic E-state index is 12.9. The van der Waals surface area contributed by atoms with Crippen molar-refractivity contribution in [3.8, 4) is 11.6 Å². The zero-order chi connectivity index (χ0) is 18.4. The molecule has 26 heavy (non-hydrogen) atoms. The topological polar surface area (TPSA) is 73.6 Å². The number of nitrogens with one attached hydrogen (secondary N) is 1. The average Bonchev–Trinajstić information content (AvgIpc) is 3.12. The first kappa shape index (κ1) is 17.6. The quantitative estimate of drug-likeness (QED) is 0.699. The van der Waals surface area contributed by atoms with Crippen LogP contribution in [0.2, 0.25) is 0 Å². The molecule has 0 radical (unpaired) electrons. The van der Waals surface area contributed by atoms with Crippen LogP contribution >= 0.6 is 0 Å². The molecule has 0 bridgehead atoms. The van der Waals surface area contributed by atoms with Gasteiger partial charge >= 0.3 is 0 Å². The lowest BCUT2D eigenvalue weighted by Crippen LogP contribution is -2.22. The van der Waals surface area contributed by atoms with Crippen LogP contribution in [0.15, 0.2) is 59.1 Å². The monoisotopic (exact) mass is 356 g/mol. The summed E-state index contributed by atoms with van der Waals surface area (Å²) in [5.41, 5.74) is 0.800. The van der Waals surface area contributed by atoms with Crippen molar-refractivity contribution >= 4 is 5.91 Å². The van der Waals surface area contributed by atoms with E-state index in [-0.39, 0.29) is 17.5 Å². The lowest BCUT2D eigenvalue weighted by molar-refractivity contribution is 0.0914. The smallest absolute Gasteiger partial charge is 0.287 e. The molecule has 0 unspecified atom stereocenters. The van der Waals surface area contributed by atoms with Crippen LogP contribution < -0.4 is 10.1 Å². The van der Waals surface area contributed by atoms with Crippen LogP contribution in [0.5, 0.6) is 11.6 Å². The number of hydrogen-bond acceptors (Lipinski definition) is 5. The first-order chi connectivity index (χ1) is 12.6. The summed E-state index contributed by atoms with van der Waals surface area (Å²) in [6, 6.07) is 12.4. The minimum absolute atomic E-state index is 0.223. The third kappa shape index (κ3) is 4.67. The molecule has 0 saturated heterocycles. The van der Waals surface area contributed by atoms with Crippen LogP contribution in [0.1, 0.15) is 21.9 Å². The molecule has 1 N–H and O–H groups in total. The van der Waals surface area contributed by atoms with Gasteiger partial charge in [-0.25, -0.2) is 9.37 Å². The van der Waals surface area contributed by atoms with Crippen LogP contribution in [0.3, 0.4) is 0 Å². The summed E-state index contributed by atoms with van der Waals surface area (Å²) < 4.78 is 28.7. The Hall–Kier alpha value is -3.19. The molecule has 2 aromatic heterocycles. The van der Waals surface area contributed by atoms with E-state index < -0.39 is 0 Å². The molecule has 3 rings (SSSR count). The lowest BCUT2D eigenvalue weighted by Gasteiger charge is -2.06. The van der Waals surface area contributed by atoms with Crippen molar-refractivity contribution in [2.45, 2.75) is 13.2 Å². The number of furan rings is 1. The Morgan fingerprint density at radius 2 is 1.96 bits per heavy atom. The number of methoxy groups -OCH3 is 1. The van der Waals surface area contributed by atoms with Crippen molar-refractivity contribution in [3.63, 3.8) is 0 Å². The van der Waals surface area contributed by atoms with E-state index in [9.17, 15) is 9.18 Å². The largest absolute Gasteiger partial charge is 0.453 e. The van der Waals surface area contributed by atoms with Crippen LogP contribution in [-0.2, 0) is 17.9 Å². The third-order valence-corrected chi connectivity index (χ3v) is 3.46. The van der Waals surface area contributed by atoms with Gasteiger partial charge in [-0.3, -0.25) is 4.79 Å². The highest BCUT2D eigenvalue weighted by molar-refractivity contribution is 5.91. The maximum Gasteiger partial charge on any atom is 0.287 e. The second kappa shape index (κ2) is 8.26. The number of amides is 1. The van der Waals surface area contributed by atoms with Crippen molar-refractivity contribution < 1.29 is 23.1 Å². The van der Waals surface area contributed by atoms with Crippen LogP contribution in [0.25, 0.3) is 0 Å². The molecule has 3 aromatic rings. The number of rotatable bonds is 7. The Morgan fingerprint density at radius 1 is 1.15 bits per heavy atom. The fourth-order valence-corrected chi connectivity index (χ4v) is 2.19. The summed E-state index contributed by atoms with van der Waals surface area (Å²) in [7, 11) is 1.55. The highest BCUT2D eigenvalue weighted by atomic mass is 19.1. The van der Waals surface area contributed by atoms with Gasteiger partial charge in [-0.15, -0.1) is 0 Å². The molecule has 2 heterocycles. The summed E-state index contributed by atoms with van der Waals surface area (Å²) in [5, 5.41) is 2.75. The molecule has 0 atom stereocenters. The Balaban J connectivity index is 1.53.